The zero-order chi connectivity index (χ0) is 14.0. The standard InChI is InChI=1S/C13H15N3O3/c1-9-10(3-4-19-9)8-15(2)12-5-11(14)6-13(7-12)16(17)18/h3-7H,8,14H2,1-2H3. The molecule has 2 rings (SSSR count). The van der Waals surface area contributed by atoms with Crippen LogP contribution in [0.2, 0.25) is 0 Å². The molecule has 0 amide bonds. The molecule has 0 fully saturated rings. The lowest BCUT2D eigenvalue weighted by molar-refractivity contribution is -0.384. The number of benzene rings is 1. The minimum Gasteiger partial charge on any atom is -0.469 e. The zero-order valence-electron chi connectivity index (χ0n) is 10.8. The first-order chi connectivity index (χ1) is 8.97. The van der Waals surface area contributed by atoms with Crippen molar-refractivity contribution in [3.05, 3.63) is 52.0 Å². The molecule has 0 bridgehead atoms. The summed E-state index contributed by atoms with van der Waals surface area (Å²) in [7, 11) is 1.85. The van der Waals surface area contributed by atoms with Gasteiger partial charge in [0.05, 0.1) is 11.2 Å². The summed E-state index contributed by atoms with van der Waals surface area (Å²) in [5, 5.41) is 10.8. The summed E-state index contributed by atoms with van der Waals surface area (Å²) in [4.78, 5) is 12.3. The van der Waals surface area contributed by atoms with E-state index in [1.807, 2.05) is 24.9 Å². The fourth-order valence-electron chi connectivity index (χ4n) is 1.87. The van der Waals surface area contributed by atoms with Crippen molar-refractivity contribution in [1.29, 1.82) is 0 Å². The third-order valence-corrected chi connectivity index (χ3v) is 2.95. The number of nitro groups is 1. The molecule has 0 aliphatic heterocycles. The summed E-state index contributed by atoms with van der Waals surface area (Å²) in [6.45, 7) is 2.48. The highest BCUT2D eigenvalue weighted by Crippen LogP contribution is 2.26. The molecule has 0 aliphatic rings. The van der Waals surface area contributed by atoms with Crippen LogP contribution < -0.4 is 10.6 Å². The molecule has 6 heteroatoms. The minimum absolute atomic E-state index is 0.00855. The monoisotopic (exact) mass is 261 g/mol. The summed E-state index contributed by atoms with van der Waals surface area (Å²) in [6, 6.07) is 6.45. The molecule has 2 N–H and O–H groups in total. The molecular weight excluding hydrogens is 246 g/mol. The quantitative estimate of drug-likeness (QED) is 0.519. The molecule has 1 aromatic carbocycles. The number of hydrogen-bond acceptors (Lipinski definition) is 5. The Hall–Kier alpha value is -2.50. The van der Waals surface area contributed by atoms with Crippen LogP contribution in [0.15, 0.2) is 34.9 Å². The number of rotatable bonds is 4. The Labute approximate surface area is 110 Å². The van der Waals surface area contributed by atoms with Crippen molar-refractivity contribution in [2.45, 2.75) is 13.5 Å². The van der Waals surface area contributed by atoms with Crippen LogP contribution in [0.3, 0.4) is 0 Å². The Morgan fingerprint density at radius 3 is 2.74 bits per heavy atom. The number of aryl methyl sites for hydroxylation is 1. The topological polar surface area (TPSA) is 85.5 Å². The fourth-order valence-corrected chi connectivity index (χ4v) is 1.87. The van der Waals surface area contributed by atoms with Crippen molar-refractivity contribution in [3.8, 4) is 0 Å². The van der Waals surface area contributed by atoms with Crippen LogP contribution in [-0.4, -0.2) is 12.0 Å². The van der Waals surface area contributed by atoms with E-state index in [1.54, 1.807) is 12.3 Å². The SMILES string of the molecule is Cc1occc1CN(C)c1cc(N)cc([N+](=O)[O-])c1. The first-order valence-corrected chi connectivity index (χ1v) is 5.76. The number of anilines is 2. The van der Waals surface area contributed by atoms with Gasteiger partial charge in [0, 0.05) is 42.7 Å². The molecule has 0 aliphatic carbocycles. The second kappa shape index (κ2) is 5.01. The summed E-state index contributed by atoms with van der Waals surface area (Å²) < 4.78 is 5.23. The first kappa shape index (κ1) is 12.9. The highest BCUT2D eigenvalue weighted by Gasteiger charge is 2.12. The first-order valence-electron chi connectivity index (χ1n) is 5.76. The van der Waals surface area contributed by atoms with Crippen LogP contribution in [0.4, 0.5) is 17.1 Å². The van der Waals surface area contributed by atoms with E-state index in [1.165, 1.54) is 12.1 Å². The predicted octanol–water partition coefficient (Wildman–Crippen LogP) is 2.71. The van der Waals surface area contributed by atoms with Gasteiger partial charge in [-0.1, -0.05) is 0 Å². The molecular formula is C13H15N3O3. The molecule has 2 aromatic rings. The van der Waals surface area contributed by atoms with Crippen LogP contribution in [-0.2, 0) is 6.54 Å². The smallest absolute Gasteiger partial charge is 0.273 e. The number of furan rings is 1. The number of non-ortho nitro benzene ring substituents is 1. The lowest BCUT2D eigenvalue weighted by atomic mass is 10.2. The maximum absolute atomic E-state index is 10.8. The highest BCUT2D eigenvalue weighted by atomic mass is 16.6. The van der Waals surface area contributed by atoms with E-state index in [0.29, 0.717) is 17.9 Å². The highest BCUT2D eigenvalue weighted by molar-refractivity contribution is 5.62. The Balaban J connectivity index is 2.26. The molecule has 1 heterocycles. The molecule has 0 saturated heterocycles. The van der Waals surface area contributed by atoms with E-state index in [4.69, 9.17) is 10.2 Å². The van der Waals surface area contributed by atoms with Gasteiger partial charge in [0.2, 0.25) is 0 Å². The van der Waals surface area contributed by atoms with Crippen LogP contribution in [0, 0.1) is 17.0 Å². The molecule has 6 nitrogen and oxygen atoms in total. The largest absolute Gasteiger partial charge is 0.469 e. The van der Waals surface area contributed by atoms with Gasteiger partial charge in [-0.25, -0.2) is 0 Å². The van der Waals surface area contributed by atoms with Crippen molar-refractivity contribution in [1.82, 2.24) is 0 Å². The Morgan fingerprint density at radius 2 is 2.16 bits per heavy atom. The maximum atomic E-state index is 10.8. The minimum atomic E-state index is -0.448. The fraction of sp³-hybridized carbons (Fsp3) is 0.231. The van der Waals surface area contributed by atoms with E-state index >= 15 is 0 Å². The van der Waals surface area contributed by atoms with Crippen molar-refractivity contribution >= 4 is 17.1 Å². The molecule has 19 heavy (non-hydrogen) atoms. The van der Waals surface area contributed by atoms with Crippen molar-refractivity contribution in [3.63, 3.8) is 0 Å². The van der Waals surface area contributed by atoms with E-state index in [2.05, 4.69) is 0 Å². The number of nitrogen functional groups attached to an aromatic ring is 1. The van der Waals surface area contributed by atoms with E-state index < -0.39 is 4.92 Å². The number of hydrogen-bond donors (Lipinski definition) is 1. The summed E-state index contributed by atoms with van der Waals surface area (Å²) in [5.74, 6) is 0.838. The normalized spacial score (nSPS) is 10.4. The van der Waals surface area contributed by atoms with Gasteiger partial charge in [-0.3, -0.25) is 10.1 Å². The van der Waals surface area contributed by atoms with Crippen LogP contribution in [0.5, 0.6) is 0 Å². The average Bonchev–Trinajstić information content (AvgIpc) is 2.74. The van der Waals surface area contributed by atoms with Gasteiger partial charge >= 0.3 is 0 Å². The number of nitrogens with zero attached hydrogens (tertiary/aromatic N) is 2. The molecule has 0 radical (unpaired) electrons. The predicted molar refractivity (Wildman–Crippen MR) is 73.1 cm³/mol. The maximum Gasteiger partial charge on any atom is 0.273 e. The average molecular weight is 261 g/mol. The Kier molecular flexibility index (Phi) is 3.41. The molecule has 100 valence electrons. The molecule has 1 aromatic heterocycles. The number of nitro benzene ring substituents is 1. The summed E-state index contributed by atoms with van der Waals surface area (Å²) >= 11 is 0. The van der Waals surface area contributed by atoms with Crippen LogP contribution >= 0.6 is 0 Å². The summed E-state index contributed by atoms with van der Waals surface area (Å²) in [5.41, 5.74) is 7.79. The Bertz CT molecular complexity index is 607. The van der Waals surface area contributed by atoms with E-state index in [0.717, 1.165) is 11.3 Å². The van der Waals surface area contributed by atoms with Crippen molar-refractivity contribution in [2.24, 2.45) is 0 Å². The zero-order valence-corrected chi connectivity index (χ0v) is 10.8. The van der Waals surface area contributed by atoms with Gasteiger partial charge < -0.3 is 15.1 Å². The van der Waals surface area contributed by atoms with Gasteiger partial charge in [0.15, 0.2) is 0 Å². The van der Waals surface area contributed by atoms with Gasteiger partial charge in [-0.05, 0) is 19.1 Å². The van der Waals surface area contributed by atoms with Gasteiger partial charge in [0.25, 0.3) is 5.69 Å². The molecule has 0 saturated carbocycles. The lowest BCUT2D eigenvalue weighted by Crippen LogP contribution is -2.16. The van der Waals surface area contributed by atoms with Crippen molar-refractivity contribution in [2.75, 3.05) is 17.7 Å². The third kappa shape index (κ3) is 2.85. The number of nitrogens with two attached hydrogens (primary N) is 1. The Morgan fingerprint density at radius 1 is 1.42 bits per heavy atom. The van der Waals surface area contributed by atoms with Gasteiger partial charge in [0.1, 0.15) is 5.76 Å². The molecule has 0 unspecified atom stereocenters. The van der Waals surface area contributed by atoms with Crippen molar-refractivity contribution < 1.29 is 9.34 Å². The van der Waals surface area contributed by atoms with Crippen LogP contribution in [0.25, 0.3) is 0 Å². The third-order valence-electron chi connectivity index (χ3n) is 2.95. The van der Waals surface area contributed by atoms with E-state index in [9.17, 15) is 10.1 Å². The van der Waals surface area contributed by atoms with E-state index in [-0.39, 0.29) is 5.69 Å². The van der Waals surface area contributed by atoms with Crippen LogP contribution in [0.1, 0.15) is 11.3 Å². The van der Waals surface area contributed by atoms with Gasteiger partial charge in [-0.15, -0.1) is 0 Å². The molecule has 0 atom stereocenters. The second-order valence-corrected chi connectivity index (χ2v) is 4.40. The summed E-state index contributed by atoms with van der Waals surface area (Å²) in [6.07, 6.45) is 1.63. The second-order valence-electron chi connectivity index (χ2n) is 4.40. The molecule has 0 spiro atoms. The van der Waals surface area contributed by atoms with Gasteiger partial charge in [-0.2, -0.15) is 0 Å². The lowest BCUT2D eigenvalue weighted by Gasteiger charge is -2.19.